The summed E-state index contributed by atoms with van der Waals surface area (Å²) in [6.45, 7) is 4.00. The summed E-state index contributed by atoms with van der Waals surface area (Å²) in [7, 11) is 3.90. The first-order chi connectivity index (χ1) is 11.4. The highest BCUT2D eigenvalue weighted by atomic mass is 32.1. The summed E-state index contributed by atoms with van der Waals surface area (Å²) in [6, 6.07) is 5.57. The number of carbonyl (C=O) groups is 1. The lowest BCUT2D eigenvalue weighted by molar-refractivity contribution is -0.143. The van der Waals surface area contributed by atoms with Crippen LogP contribution in [0.4, 0.5) is 11.5 Å². The van der Waals surface area contributed by atoms with E-state index in [4.69, 9.17) is 21.5 Å². The Balaban J connectivity index is 2.07. The second-order valence-corrected chi connectivity index (χ2v) is 5.99. The quantitative estimate of drug-likeness (QED) is 0.608. The zero-order chi connectivity index (χ0) is 17.7. The molecule has 8 heteroatoms. The molecule has 0 bridgehead atoms. The van der Waals surface area contributed by atoms with Crippen molar-refractivity contribution in [2.75, 3.05) is 30.9 Å². The number of fused-ring (bicyclic) bond motifs is 1. The molecule has 130 valence electrons. The number of ether oxygens (including phenoxy) is 1. The average Bonchev–Trinajstić information content (AvgIpc) is 2.90. The van der Waals surface area contributed by atoms with E-state index in [-0.39, 0.29) is 18.4 Å². The fraction of sp³-hybridized carbons (Fsp3) is 0.438. The molecule has 0 radical (unpaired) electrons. The molecule has 1 heterocycles. The number of nitrogens with one attached hydrogen (secondary N) is 2. The zero-order valence-corrected chi connectivity index (χ0v) is 15.1. The van der Waals surface area contributed by atoms with Crippen molar-refractivity contribution in [2.45, 2.75) is 26.3 Å². The molecule has 2 aromatic rings. The minimum atomic E-state index is -0.262. The summed E-state index contributed by atoms with van der Waals surface area (Å²) in [5.74, 6) is 0.275. The standard InChI is InChI=1S/C16H22N4O3S/c1-5-22-13(21)9-10(2)17-16(24)18-15-14-11(20(3)4)7-6-8-12(14)23-19-15/h6-8,10H,5,9H2,1-4H3,(H2,17,18,19,24). The molecule has 7 nitrogen and oxygen atoms in total. The van der Waals surface area contributed by atoms with Crippen LogP contribution in [0.2, 0.25) is 0 Å². The average molecular weight is 350 g/mol. The Morgan fingerprint density at radius 1 is 1.46 bits per heavy atom. The number of nitrogens with zero attached hydrogens (tertiary/aromatic N) is 2. The second-order valence-electron chi connectivity index (χ2n) is 5.58. The van der Waals surface area contributed by atoms with Crippen LogP contribution in [0.5, 0.6) is 0 Å². The third-order valence-electron chi connectivity index (χ3n) is 3.35. The first-order valence-corrected chi connectivity index (χ1v) is 8.12. The number of hydrogen-bond acceptors (Lipinski definition) is 6. The molecule has 0 aliphatic rings. The number of aromatic nitrogens is 1. The van der Waals surface area contributed by atoms with E-state index in [0.29, 0.717) is 23.1 Å². The lowest BCUT2D eigenvalue weighted by Crippen LogP contribution is -2.37. The molecule has 0 saturated heterocycles. The van der Waals surface area contributed by atoms with Gasteiger partial charge < -0.3 is 24.8 Å². The Morgan fingerprint density at radius 3 is 2.88 bits per heavy atom. The first-order valence-electron chi connectivity index (χ1n) is 7.71. The first kappa shape index (κ1) is 18.0. The molecule has 0 saturated carbocycles. The SMILES string of the molecule is CCOC(=O)CC(C)NC(=S)Nc1noc2cccc(N(C)C)c12. The molecule has 1 aromatic heterocycles. The number of rotatable bonds is 6. The van der Waals surface area contributed by atoms with E-state index < -0.39 is 0 Å². The molecule has 0 spiro atoms. The second kappa shape index (κ2) is 7.96. The van der Waals surface area contributed by atoms with E-state index in [1.54, 1.807) is 6.92 Å². The third-order valence-corrected chi connectivity index (χ3v) is 3.57. The molecular formula is C16H22N4O3S. The van der Waals surface area contributed by atoms with Gasteiger partial charge in [-0.3, -0.25) is 4.79 Å². The summed E-state index contributed by atoms with van der Waals surface area (Å²) in [5, 5.41) is 11.3. The van der Waals surface area contributed by atoms with E-state index >= 15 is 0 Å². The van der Waals surface area contributed by atoms with Crippen molar-refractivity contribution in [2.24, 2.45) is 0 Å². The van der Waals surface area contributed by atoms with Gasteiger partial charge in [0.25, 0.3) is 0 Å². The minimum Gasteiger partial charge on any atom is -0.466 e. The van der Waals surface area contributed by atoms with Crippen LogP contribution in [-0.2, 0) is 9.53 Å². The van der Waals surface area contributed by atoms with Crippen LogP contribution in [0.1, 0.15) is 20.3 Å². The van der Waals surface area contributed by atoms with Gasteiger partial charge in [-0.15, -0.1) is 0 Å². The van der Waals surface area contributed by atoms with E-state index in [9.17, 15) is 4.79 Å². The maximum Gasteiger partial charge on any atom is 0.307 e. The summed E-state index contributed by atoms with van der Waals surface area (Å²) in [6.07, 6.45) is 0.234. The molecule has 0 aliphatic heterocycles. The van der Waals surface area contributed by atoms with Gasteiger partial charge in [0.2, 0.25) is 0 Å². The summed E-state index contributed by atoms with van der Waals surface area (Å²) in [4.78, 5) is 13.5. The highest BCUT2D eigenvalue weighted by Gasteiger charge is 2.16. The van der Waals surface area contributed by atoms with Crippen molar-refractivity contribution < 1.29 is 14.1 Å². The van der Waals surface area contributed by atoms with Gasteiger partial charge in [-0.05, 0) is 38.2 Å². The number of esters is 1. The third kappa shape index (κ3) is 4.35. The van der Waals surface area contributed by atoms with E-state index in [1.807, 2.05) is 44.1 Å². The van der Waals surface area contributed by atoms with Crippen molar-refractivity contribution in [3.05, 3.63) is 18.2 Å². The summed E-state index contributed by atoms with van der Waals surface area (Å²) >= 11 is 5.30. The Labute approximate surface area is 146 Å². The lowest BCUT2D eigenvalue weighted by Gasteiger charge is -2.16. The number of thiocarbonyl (C=S) groups is 1. The van der Waals surface area contributed by atoms with Crippen LogP contribution in [0.3, 0.4) is 0 Å². The number of anilines is 2. The fourth-order valence-electron chi connectivity index (χ4n) is 2.32. The Morgan fingerprint density at radius 2 is 2.21 bits per heavy atom. The molecule has 2 N–H and O–H groups in total. The van der Waals surface area contributed by atoms with Crippen LogP contribution < -0.4 is 15.5 Å². The normalized spacial score (nSPS) is 11.8. The van der Waals surface area contributed by atoms with E-state index in [0.717, 1.165) is 11.1 Å². The molecule has 2 rings (SSSR count). The molecule has 1 atom stereocenters. The lowest BCUT2D eigenvalue weighted by atomic mass is 10.2. The maximum atomic E-state index is 11.5. The molecule has 1 unspecified atom stereocenters. The largest absolute Gasteiger partial charge is 0.466 e. The number of hydrogen-bond donors (Lipinski definition) is 2. The van der Waals surface area contributed by atoms with Gasteiger partial charge in [0, 0.05) is 20.1 Å². The smallest absolute Gasteiger partial charge is 0.307 e. The highest BCUT2D eigenvalue weighted by molar-refractivity contribution is 7.80. The van der Waals surface area contributed by atoms with Gasteiger partial charge in [0.05, 0.1) is 24.1 Å². The van der Waals surface area contributed by atoms with Crippen LogP contribution in [-0.4, -0.2) is 43.0 Å². The van der Waals surface area contributed by atoms with Crippen LogP contribution in [0.15, 0.2) is 22.7 Å². The van der Waals surface area contributed by atoms with Crippen molar-refractivity contribution in [1.82, 2.24) is 10.5 Å². The Kier molecular flexibility index (Phi) is 5.97. The Hall–Kier alpha value is -2.35. The monoisotopic (exact) mass is 350 g/mol. The van der Waals surface area contributed by atoms with Crippen LogP contribution in [0.25, 0.3) is 11.0 Å². The summed E-state index contributed by atoms with van der Waals surface area (Å²) < 4.78 is 10.3. The van der Waals surface area contributed by atoms with Gasteiger partial charge in [0.1, 0.15) is 0 Å². The van der Waals surface area contributed by atoms with Crippen molar-refractivity contribution in [1.29, 1.82) is 0 Å². The molecule has 0 amide bonds. The van der Waals surface area contributed by atoms with Gasteiger partial charge in [-0.25, -0.2) is 0 Å². The van der Waals surface area contributed by atoms with Gasteiger partial charge in [-0.2, -0.15) is 0 Å². The number of benzene rings is 1. The van der Waals surface area contributed by atoms with Gasteiger partial charge in [-0.1, -0.05) is 11.2 Å². The molecule has 1 aromatic carbocycles. The molecule has 24 heavy (non-hydrogen) atoms. The van der Waals surface area contributed by atoms with E-state index in [2.05, 4.69) is 15.8 Å². The maximum absolute atomic E-state index is 11.5. The molecule has 0 aliphatic carbocycles. The minimum absolute atomic E-state index is 0.157. The molecular weight excluding hydrogens is 328 g/mol. The zero-order valence-electron chi connectivity index (χ0n) is 14.3. The number of carbonyl (C=O) groups excluding carboxylic acids is 1. The van der Waals surface area contributed by atoms with Crippen molar-refractivity contribution in [3.63, 3.8) is 0 Å². The predicted molar refractivity (Wildman–Crippen MR) is 98.4 cm³/mol. The Bertz CT molecular complexity index is 729. The summed E-state index contributed by atoms with van der Waals surface area (Å²) in [5.41, 5.74) is 1.64. The van der Waals surface area contributed by atoms with Crippen LogP contribution >= 0.6 is 12.2 Å². The highest BCUT2D eigenvalue weighted by Crippen LogP contribution is 2.31. The fourth-order valence-corrected chi connectivity index (χ4v) is 2.62. The van der Waals surface area contributed by atoms with E-state index in [1.165, 1.54) is 0 Å². The van der Waals surface area contributed by atoms with Crippen LogP contribution in [0, 0.1) is 0 Å². The van der Waals surface area contributed by atoms with Crippen molar-refractivity contribution in [3.8, 4) is 0 Å². The topological polar surface area (TPSA) is 79.6 Å². The van der Waals surface area contributed by atoms with Gasteiger partial charge in [0.15, 0.2) is 16.5 Å². The predicted octanol–water partition coefficient (Wildman–Crippen LogP) is 2.52. The molecule has 0 fully saturated rings. The van der Waals surface area contributed by atoms with Crippen molar-refractivity contribution >= 4 is 45.8 Å². The van der Waals surface area contributed by atoms with Gasteiger partial charge >= 0.3 is 5.97 Å².